The van der Waals surface area contributed by atoms with Crippen LogP contribution in [0.25, 0.3) is 11.4 Å². The lowest BCUT2D eigenvalue weighted by Crippen LogP contribution is -2.11. The number of H-pyrrole nitrogens is 1. The fraction of sp³-hybridized carbons (Fsp3) is 0. The summed E-state index contributed by atoms with van der Waals surface area (Å²) in [5.41, 5.74) is 12.5. The molecule has 0 aliphatic rings. The molecule has 0 fully saturated rings. The fourth-order valence-corrected chi connectivity index (χ4v) is 2.17. The Morgan fingerprint density at radius 2 is 2.13 bits per heavy atom. The van der Waals surface area contributed by atoms with E-state index in [4.69, 9.17) is 23.1 Å². The number of aromatic amines is 1. The van der Waals surface area contributed by atoms with Gasteiger partial charge in [-0.2, -0.15) is 10.1 Å². The van der Waals surface area contributed by atoms with Crippen molar-refractivity contribution in [2.45, 2.75) is 0 Å². The highest BCUT2D eigenvalue weighted by Gasteiger charge is 2.11. The summed E-state index contributed by atoms with van der Waals surface area (Å²) in [6, 6.07) is 4.70. The molecule has 1 amide bonds. The highest BCUT2D eigenvalue weighted by atomic mass is 35.5. The van der Waals surface area contributed by atoms with E-state index in [1.54, 1.807) is 12.1 Å². The predicted molar refractivity (Wildman–Crippen MR) is 85.1 cm³/mol. The minimum atomic E-state index is -0.599. The van der Waals surface area contributed by atoms with Crippen molar-refractivity contribution in [3.05, 3.63) is 41.3 Å². The molecule has 0 atom stereocenters. The number of benzene rings is 1. The minimum absolute atomic E-state index is 0.230. The van der Waals surface area contributed by atoms with Gasteiger partial charge in [0.25, 0.3) is 0 Å². The van der Waals surface area contributed by atoms with Gasteiger partial charge in [-0.15, -0.1) is 0 Å². The average Bonchev–Trinajstić information content (AvgIpc) is 3.01. The van der Waals surface area contributed by atoms with Gasteiger partial charge in [0.05, 0.1) is 16.1 Å². The summed E-state index contributed by atoms with van der Waals surface area (Å²) in [5.74, 6) is 0.383. The van der Waals surface area contributed by atoms with Crippen LogP contribution in [-0.2, 0) is 0 Å². The van der Waals surface area contributed by atoms with Crippen LogP contribution in [0, 0.1) is 0 Å². The molecule has 0 aliphatic heterocycles. The van der Waals surface area contributed by atoms with E-state index in [0.29, 0.717) is 17.1 Å². The van der Waals surface area contributed by atoms with E-state index in [9.17, 15) is 4.79 Å². The van der Waals surface area contributed by atoms with Gasteiger partial charge in [0.15, 0.2) is 5.82 Å². The summed E-state index contributed by atoms with van der Waals surface area (Å²) < 4.78 is 0. The van der Waals surface area contributed by atoms with Crippen LogP contribution in [-0.4, -0.2) is 31.1 Å². The summed E-state index contributed by atoms with van der Waals surface area (Å²) in [7, 11) is 0. The molecule has 23 heavy (non-hydrogen) atoms. The molecule has 0 radical (unpaired) electrons. The number of nitrogens with two attached hydrogens (primary N) is 2. The first kappa shape index (κ1) is 14.7. The van der Waals surface area contributed by atoms with Gasteiger partial charge >= 0.3 is 0 Å². The van der Waals surface area contributed by atoms with E-state index in [1.165, 1.54) is 18.6 Å². The number of carbonyl (C=O) groups is 1. The van der Waals surface area contributed by atoms with E-state index in [1.807, 2.05) is 0 Å². The summed E-state index contributed by atoms with van der Waals surface area (Å²) in [6.07, 6.45) is 2.88. The monoisotopic (exact) mass is 330 g/mol. The van der Waals surface area contributed by atoms with Crippen LogP contribution in [0.3, 0.4) is 0 Å². The largest absolute Gasteiger partial charge is 0.383 e. The molecule has 0 saturated carbocycles. The normalized spacial score (nSPS) is 10.5. The van der Waals surface area contributed by atoms with Crippen LogP contribution < -0.4 is 16.8 Å². The van der Waals surface area contributed by atoms with Crippen molar-refractivity contribution < 1.29 is 4.79 Å². The van der Waals surface area contributed by atoms with Gasteiger partial charge in [0.2, 0.25) is 11.9 Å². The van der Waals surface area contributed by atoms with Crippen molar-refractivity contribution in [2.75, 3.05) is 11.1 Å². The van der Waals surface area contributed by atoms with Gasteiger partial charge in [-0.3, -0.25) is 9.89 Å². The number of nitrogen functional groups attached to an aromatic ring is 1. The maximum atomic E-state index is 11.1. The Morgan fingerprint density at radius 3 is 2.74 bits per heavy atom. The van der Waals surface area contributed by atoms with Crippen LogP contribution in [0.4, 0.5) is 17.5 Å². The molecule has 9 nitrogen and oxygen atoms in total. The molecule has 3 aromatic rings. The molecular formula is C13H11ClN8O. The number of primary amides is 1. The first-order valence-electron chi connectivity index (χ1n) is 6.39. The third kappa shape index (κ3) is 3.04. The number of halogens is 1. The van der Waals surface area contributed by atoms with Crippen molar-refractivity contribution in [3.63, 3.8) is 0 Å². The molecule has 0 unspecified atom stereocenters. The lowest BCUT2D eigenvalue weighted by Gasteiger charge is -2.08. The van der Waals surface area contributed by atoms with Crippen molar-refractivity contribution in [1.29, 1.82) is 0 Å². The zero-order valence-corrected chi connectivity index (χ0v) is 12.4. The quantitative estimate of drug-likeness (QED) is 0.563. The molecule has 10 heteroatoms. The number of carbonyl (C=O) groups excluding carboxylic acids is 1. The number of amides is 1. The molecule has 0 aliphatic carbocycles. The van der Waals surface area contributed by atoms with Crippen molar-refractivity contribution in [3.8, 4) is 11.4 Å². The summed E-state index contributed by atoms with van der Waals surface area (Å²) >= 11 is 5.99. The van der Waals surface area contributed by atoms with Gasteiger partial charge in [-0.25, -0.2) is 9.97 Å². The Labute approximate surface area is 135 Å². The van der Waals surface area contributed by atoms with Crippen LogP contribution in [0.15, 0.2) is 30.7 Å². The van der Waals surface area contributed by atoms with E-state index >= 15 is 0 Å². The highest BCUT2D eigenvalue weighted by Crippen LogP contribution is 2.24. The number of hydrogen-bond donors (Lipinski definition) is 4. The number of aromatic nitrogens is 5. The Bertz CT molecular complexity index is 864. The molecule has 3 rings (SSSR count). The molecule has 6 N–H and O–H groups in total. The fourth-order valence-electron chi connectivity index (χ4n) is 1.89. The SMILES string of the molecule is NC(=O)c1ccc(Nc2ncc(-c3ncn[nH]3)c(N)n2)cc1Cl. The van der Waals surface area contributed by atoms with E-state index in [2.05, 4.69) is 30.5 Å². The van der Waals surface area contributed by atoms with Crippen molar-refractivity contribution >= 4 is 35.0 Å². The summed E-state index contributed by atoms with van der Waals surface area (Å²) in [6.45, 7) is 0. The van der Waals surface area contributed by atoms with Crippen LogP contribution in [0.2, 0.25) is 5.02 Å². The number of nitrogens with one attached hydrogen (secondary N) is 2. The predicted octanol–water partition coefficient (Wildman–Crippen LogP) is 1.34. The first-order valence-corrected chi connectivity index (χ1v) is 6.77. The number of anilines is 3. The Kier molecular flexibility index (Phi) is 3.77. The number of rotatable bonds is 4. The molecule has 1 aromatic carbocycles. The van der Waals surface area contributed by atoms with Crippen LogP contribution >= 0.6 is 11.6 Å². The standard InChI is InChI=1S/C13H11ClN8O/c14-9-3-6(1-2-7(9)11(16)23)20-13-17-4-8(10(15)21-13)12-18-5-19-22-12/h1-5H,(H2,16,23)(H,18,19,22)(H3,15,17,20,21). The average molecular weight is 331 g/mol. The maximum Gasteiger partial charge on any atom is 0.250 e. The highest BCUT2D eigenvalue weighted by molar-refractivity contribution is 6.34. The molecule has 0 spiro atoms. The third-order valence-corrected chi connectivity index (χ3v) is 3.29. The summed E-state index contributed by atoms with van der Waals surface area (Å²) in [5, 5.41) is 9.60. The van der Waals surface area contributed by atoms with E-state index in [0.717, 1.165) is 0 Å². The minimum Gasteiger partial charge on any atom is -0.383 e. The summed E-state index contributed by atoms with van der Waals surface area (Å²) in [4.78, 5) is 23.4. The number of hydrogen-bond acceptors (Lipinski definition) is 7. The van der Waals surface area contributed by atoms with Crippen molar-refractivity contribution in [1.82, 2.24) is 25.1 Å². The van der Waals surface area contributed by atoms with Gasteiger partial charge in [-0.05, 0) is 18.2 Å². The van der Waals surface area contributed by atoms with Crippen LogP contribution in [0.1, 0.15) is 10.4 Å². The Balaban J connectivity index is 1.85. The molecule has 0 bridgehead atoms. The lowest BCUT2D eigenvalue weighted by atomic mass is 10.2. The second-order valence-corrected chi connectivity index (χ2v) is 4.92. The molecule has 2 aromatic heterocycles. The maximum absolute atomic E-state index is 11.1. The van der Waals surface area contributed by atoms with E-state index in [-0.39, 0.29) is 22.4 Å². The Morgan fingerprint density at radius 1 is 1.30 bits per heavy atom. The van der Waals surface area contributed by atoms with Gasteiger partial charge in [0.1, 0.15) is 12.1 Å². The molecule has 2 heterocycles. The van der Waals surface area contributed by atoms with Gasteiger partial charge < -0.3 is 16.8 Å². The molecule has 116 valence electrons. The number of nitrogens with zero attached hydrogens (tertiary/aromatic N) is 4. The molecular weight excluding hydrogens is 320 g/mol. The Hall–Kier alpha value is -3.20. The second-order valence-electron chi connectivity index (χ2n) is 4.51. The lowest BCUT2D eigenvalue weighted by molar-refractivity contribution is 0.100. The smallest absolute Gasteiger partial charge is 0.250 e. The van der Waals surface area contributed by atoms with E-state index < -0.39 is 5.91 Å². The molecule has 0 saturated heterocycles. The third-order valence-electron chi connectivity index (χ3n) is 2.98. The zero-order chi connectivity index (χ0) is 16.4. The zero-order valence-electron chi connectivity index (χ0n) is 11.6. The topological polar surface area (TPSA) is 148 Å². The van der Waals surface area contributed by atoms with Crippen molar-refractivity contribution in [2.24, 2.45) is 5.73 Å². The van der Waals surface area contributed by atoms with Gasteiger partial charge in [-0.1, -0.05) is 11.6 Å². The van der Waals surface area contributed by atoms with Crippen LogP contribution in [0.5, 0.6) is 0 Å². The van der Waals surface area contributed by atoms with Gasteiger partial charge in [0, 0.05) is 11.9 Å². The second kappa shape index (κ2) is 5.89. The first-order chi connectivity index (χ1) is 11.0.